The molecule has 0 fully saturated rings. The maximum absolute atomic E-state index is 11.2. The molecule has 1 amide bonds. The number of carbonyl (C=O) groups excluding carboxylic acids is 4. The van der Waals surface area contributed by atoms with E-state index in [1.807, 2.05) is 0 Å². The monoisotopic (exact) mass is 233 g/mol. The second kappa shape index (κ2) is 6.18. The Bertz CT molecular complexity index is 301. The molecular weight excluding hydrogens is 222 g/mol. The van der Waals surface area contributed by atoms with Crippen LogP contribution in [0.25, 0.3) is 0 Å². The minimum atomic E-state index is -1.25. The summed E-state index contributed by atoms with van der Waals surface area (Å²) in [5.74, 6) is -3.62. The number of hydrogen-bond acceptors (Lipinski definition) is 6. The Morgan fingerprint density at radius 2 is 1.80 bits per heavy atom. The average molecular weight is 233 g/mol. The van der Waals surface area contributed by atoms with Gasteiger partial charge in [0.2, 0.25) is 11.7 Å². The van der Waals surface area contributed by atoms with Gasteiger partial charge in [0.1, 0.15) is 6.04 Å². The molecule has 15 heavy (non-hydrogen) atoms. The first-order valence-electron chi connectivity index (χ1n) is 4.03. The van der Waals surface area contributed by atoms with Crippen molar-refractivity contribution in [3.8, 4) is 0 Å². The molecule has 84 valence electrons. The fourth-order valence-electron chi connectivity index (χ4n) is 0.659. The zero-order valence-electron chi connectivity index (χ0n) is 8.27. The molecule has 0 aromatic heterocycles. The number of nitrogens with one attached hydrogen (secondary N) is 1. The number of Topliss-reactive ketones (excluding diaryl/α,β-unsaturated/α-hetero) is 1. The summed E-state index contributed by atoms with van der Waals surface area (Å²) < 4.78 is 4.17. The van der Waals surface area contributed by atoms with Crippen LogP contribution in [0.5, 0.6) is 0 Å². The summed E-state index contributed by atoms with van der Waals surface area (Å²) in [6.07, 6.45) is 0. The van der Waals surface area contributed by atoms with E-state index in [9.17, 15) is 19.2 Å². The van der Waals surface area contributed by atoms with E-state index < -0.39 is 29.7 Å². The van der Waals surface area contributed by atoms with Gasteiger partial charge in [-0.15, -0.1) is 0 Å². The summed E-state index contributed by atoms with van der Waals surface area (Å²) in [7, 11) is 0. The molecule has 0 rings (SSSR count). The topological polar surface area (TPSA) is 89.5 Å². The van der Waals surface area contributed by atoms with Crippen molar-refractivity contribution >= 4 is 36.3 Å². The van der Waals surface area contributed by atoms with Gasteiger partial charge in [0.25, 0.3) is 0 Å². The van der Waals surface area contributed by atoms with Gasteiger partial charge in [-0.1, -0.05) is 0 Å². The summed E-state index contributed by atoms with van der Waals surface area (Å²) in [6.45, 7) is 2.18. The van der Waals surface area contributed by atoms with Gasteiger partial charge in [0, 0.05) is 19.6 Å². The molecule has 0 spiro atoms. The molecule has 0 aromatic rings. The van der Waals surface area contributed by atoms with Crippen LogP contribution in [-0.4, -0.2) is 35.4 Å². The highest BCUT2D eigenvalue weighted by molar-refractivity contribution is 7.80. The first kappa shape index (κ1) is 13.6. The highest BCUT2D eigenvalue weighted by Crippen LogP contribution is 1.94. The predicted molar refractivity (Wildman–Crippen MR) is 53.2 cm³/mol. The van der Waals surface area contributed by atoms with Crippen LogP contribution in [0.2, 0.25) is 0 Å². The molecule has 1 atom stereocenters. The summed E-state index contributed by atoms with van der Waals surface area (Å²) in [4.78, 5) is 43.0. The molecule has 0 aliphatic rings. The van der Waals surface area contributed by atoms with Crippen LogP contribution in [-0.2, 0) is 23.9 Å². The van der Waals surface area contributed by atoms with Crippen LogP contribution in [0.1, 0.15) is 13.8 Å². The van der Waals surface area contributed by atoms with Gasteiger partial charge in [-0.3, -0.25) is 9.59 Å². The Balaban J connectivity index is 4.34. The molecule has 0 saturated carbocycles. The lowest BCUT2D eigenvalue weighted by molar-refractivity contribution is -0.165. The fraction of sp³-hybridized carbons (Fsp3) is 0.500. The molecule has 0 aliphatic heterocycles. The van der Waals surface area contributed by atoms with Gasteiger partial charge in [-0.25, -0.2) is 9.59 Å². The van der Waals surface area contributed by atoms with Gasteiger partial charge < -0.3 is 10.1 Å². The van der Waals surface area contributed by atoms with E-state index in [1.54, 1.807) is 0 Å². The molecule has 1 N–H and O–H groups in total. The molecule has 0 bridgehead atoms. The lowest BCUT2D eigenvalue weighted by Crippen LogP contribution is -2.43. The van der Waals surface area contributed by atoms with Gasteiger partial charge >= 0.3 is 11.9 Å². The van der Waals surface area contributed by atoms with Crippen LogP contribution in [0.3, 0.4) is 0 Å². The van der Waals surface area contributed by atoms with E-state index in [4.69, 9.17) is 0 Å². The van der Waals surface area contributed by atoms with Crippen LogP contribution >= 0.6 is 12.6 Å². The van der Waals surface area contributed by atoms with Crippen LogP contribution in [0, 0.1) is 0 Å². The van der Waals surface area contributed by atoms with Crippen molar-refractivity contribution in [2.75, 3.05) is 5.75 Å². The minimum absolute atomic E-state index is 0.0242. The van der Waals surface area contributed by atoms with Crippen LogP contribution < -0.4 is 5.32 Å². The smallest absolute Gasteiger partial charge is 0.381 e. The Hall–Kier alpha value is -1.37. The highest BCUT2D eigenvalue weighted by atomic mass is 32.1. The van der Waals surface area contributed by atoms with E-state index >= 15 is 0 Å². The molecule has 0 aliphatic carbocycles. The van der Waals surface area contributed by atoms with Gasteiger partial charge in [0.05, 0.1) is 0 Å². The molecular formula is C8H11NO5S. The largest absolute Gasteiger partial charge is 0.386 e. The summed E-state index contributed by atoms with van der Waals surface area (Å²) >= 11 is 3.79. The molecule has 0 unspecified atom stereocenters. The van der Waals surface area contributed by atoms with Crippen molar-refractivity contribution in [3.63, 3.8) is 0 Å². The van der Waals surface area contributed by atoms with E-state index in [1.165, 1.54) is 6.92 Å². The Morgan fingerprint density at radius 3 is 2.13 bits per heavy atom. The van der Waals surface area contributed by atoms with Gasteiger partial charge in [-0.05, 0) is 0 Å². The lowest BCUT2D eigenvalue weighted by Gasteiger charge is -2.12. The lowest BCUT2D eigenvalue weighted by atomic mass is 10.3. The third-order valence-electron chi connectivity index (χ3n) is 1.33. The maximum atomic E-state index is 11.2. The fourth-order valence-corrected chi connectivity index (χ4v) is 0.899. The third-order valence-corrected chi connectivity index (χ3v) is 1.69. The highest BCUT2D eigenvalue weighted by Gasteiger charge is 2.23. The van der Waals surface area contributed by atoms with Crippen molar-refractivity contribution in [1.29, 1.82) is 0 Å². The number of rotatable bonds is 4. The van der Waals surface area contributed by atoms with E-state index in [0.29, 0.717) is 0 Å². The number of amides is 1. The summed E-state index contributed by atoms with van der Waals surface area (Å²) in [5.41, 5.74) is 0. The molecule has 0 heterocycles. The van der Waals surface area contributed by atoms with Crippen LogP contribution in [0.15, 0.2) is 0 Å². The predicted octanol–water partition coefficient (Wildman–Crippen LogP) is -0.920. The quantitative estimate of drug-likeness (QED) is 0.284. The Kier molecular flexibility index (Phi) is 5.61. The number of carbonyl (C=O) groups is 4. The number of ether oxygens (including phenoxy) is 1. The number of ketones is 1. The van der Waals surface area contributed by atoms with E-state index in [-0.39, 0.29) is 5.75 Å². The van der Waals surface area contributed by atoms with Crippen molar-refractivity contribution in [3.05, 3.63) is 0 Å². The van der Waals surface area contributed by atoms with Gasteiger partial charge in [-0.2, -0.15) is 12.6 Å². The molecule has 7 heteroatoms. The van der Waals surface area contributed by atoms with E-state index in [2.05, 4.69) is 22.7 Å². The first-order valence-corrected chi connectivity index (χ1v) is 4.66. The average Bonchev–Trinajstić information content (AvgIpc) is 2.13. The van der Waals surface area contributed by atoms with Gasteiger partial charge in [0.15, 0.2) is 0 Å². The van der Waals surface area contributed by atoms with Crippen molar-refractivity contribution < 1.29 is 23.9 Å². The van der Waals surface area contributed by atoms with Crippen LogP contribution in [0.4, 0.5) is 0 Å². The summed E-state index contributed by atoms with van der Waals surface area (Å²) in [6, 6.07) is -1.03. The zero-order valence-corrected chi connectivity index (χ0v) is 9.17. The zero-order chi connectivity index (χ0) is 12.0. The second-order valence-corrected chi connectivity index (χ2v) is 3.07. The minimum Gasteiger partial charge on any atom is -0.386 e. The molecule has 0 saturated heterocycles. The number of hydrogen-bond donors (Lipinski definition) is 2. The molecule has 6 nitrogen and oxygen atoms in total. The summed E-state index contributed by atoms with van der Waals surface area (Å²) in [5, 5.41) is 2.22. The first-order chi connectivity index (χ1) is 6.88. The Labute approximate surface area is 91.8 Å². The number of esters is 2. The standard InChI is InChI=1S/C8H11NO5S/c1-4(10)7(12)14-8(13)6(3-15)9-5(2)11/h6,15H,3H2,1-2H3,(H,9,11)/t6-/m0/s1. The maximum Gasteiger partial charge on any atom is 0.381 e. The SMILES string of the molecule is CC(=O)N[C@@H](CS)C(=O)OC(=O)C(C)=O. The normalized spacial score (nSPS) is 11.4. The second-order valence-electron chi connectivity index (χ2n) is 2.70. The third kappa shape index (κ3) is 5.16. The molecule has 0 aromatic carbocycles. The Morgan fingerprint density at radius 1 is 1.27 bits per heavy atom. The molecule has 0 radical (unpaired) electrons. The van der Waals surface area contributed by atoms with Crippen molar-refractivity contribution in [2.24, 2.45) is 0 Å². The van der Waals surface area contributed by atoms with Crippen molar-refractivity contribution in [2.45, 2.75) is 19.9 Å². The number of thiol groups is 1. The van der Waals surface area contributed by atoms with Crippen molar-refractivity contribution in [1.82, 2.24) is 5.32 Å². The van der Waals surface area contributed by atoms with E-state index in [0.717, 1.165) is 6.92 Å².